The molecule has 2 saturated carbocycles. The van der Waals surface area contributed by atoms with E-state index in [1.165, 1.54) is 22.7 Å². The zero-order valence-electron chi connectivity index (χ0n) is 30.3. The lowest BCUT2D eigenvalue weighted by molar-refractivity contribution is 0.263. The van der Waals surface area contributed by atoms with Gasteiger partial charge in [-0.2, -0.15) is 8.61 Å². The summed E-state index contributed by atoms with van der Waals surface area (Å²) in [5.41, 5.74) is 7.25. The van der Waals surface area contributed by atoms with Gasteiger partial charge in [-0.25, -0.2) is 26.8 Å². The van der Waals surface area contributed by atoms with Gasteiger partial charge < -0.3 is 10.6 Å². The molecule has 0 amide bonds. The Balaban J connectivity index is 1.07. The molecule has 14 heteroatoms. The summed E-state index contributed by atoms with van der Waals surface area (Å²) in [5.74, 6) is 0. The number of nitrogens with one attached hydrogen (secondary N) is 2. The van der Waals surface area contributed by atoms with Crippen LogP contribution in [-0.2, 0) is 20.0 Å². The minimum Gasteiger partial charge on any atom is -0.371 e. The quantitative estimate of drug-likeness (QED) is 0.120. The first kappa shape index (κ1) is 37.2. The molecule has 7 rings (SSSR count). The number of nitrogens with zero attached hydrogens (tertiary/aromatic N) is 4. The van der Waals surface area contributed by atoms with Crippen LogP contribution in [0.15, 0.2) is 57.2 Å². The third-order valence-electron chi connectivity index (χ3n) is 10.9. The van der Waals surface area contributed by atoms with E-state index in [1.54, 1.807) is 8.61 Å². The molecule has 278 valence electrons. The molecule has 0 unspecified atom stereocenters. The molecule has 0 radical (unpaired) electrons. The van der Waals surface area contributed by atoms with Gasteiger partial charge in [0.15, 0.2) is 0 Å². The van der Waals surface area contributed by atoms with Gasteiger partial charge in [0.25, 0.3) is 20.0 Å². The maximum Gasteiger partial charge on any atom is 0.272 e. The van der Waals surface area contributed by atoms with E-state index in [4.69, 9.17) is 0 Å². The Labute approximate surface area is 315 Å². The number of anilines is 2. The van der Waals surface area contributed by atoms with E-state index in [2.05, 4.69) is 20.6 Å². The summed E-state index contributed by atoms with van der Waals surface area (Å²) in [5, 5.41) is 6.73. The number of benzene rings is 3. The van der Waals surface area contributed by atoms with Crippen LogP contribution in [0.25, 0.3) is 20.4 Å². The number of thiazole rings is 2. The Hall–Kier alpha value is -3.14. The number of sulfonamides is 2. The number of rotatable bonds is 12. The van der Waals surface area contributed by atoms with Gasteiger partial charge in [-0.1, -0.05) is 50.7 Å². The fraction of sp³-hybridized carbons (Fsp3) is 0.474. The molecule has 2 heterocycles. The molecule has 2 fully saturated rings. The molecule has 52 heavy (non-hydrogen) atoms. The fourth-order valence-electron chi connectivity index (χ4n) is 7.44. The van der Waals surface area contributed by atoms with E-state index in [9.17, 15) is 16.8 Å². The van der Waals surface area contributed by atoms with Gasteiger partial charge in [-0.05, 0) is 112 Å². The smallest absolute Gasteiger partial charge is 0.272 e. The Morgan fingerprint density at radius 3 is 1.31 bits per heavy atom. The molecular weight excluding hydrogens is 733 g/mol. The lowest BCUT2D eigenvalue weighted by Crippen LogP contribution is -2.44. The second-order valence-electron chi connectivity index (χ2n) is 14.3. The van der Waals surface area contributed by atoms with Crippen molar-refractivity contribution in [3.05, 3.63) is 70.8 Å². The molecule has 0 spiro atoms. The average Bonchev–Trinajstić information content (AvgIpc) is 3.80. The van der Waals surface area contributed by atoms with Crippen molar-refractivity contribution in [1.82, 2.24) is 18.6 Å². The maximum absolute atomic E-state index is 14.2. The largest absolute Gasteiger partial charge is 0.371 e. The Morgan fingerprint density at radius 2 is 0.942 bits per heavy atom. The summed E-state index contributed by atoms with van der Waals surface area (Å²) in [6.45, 7) is 8.26. The van der Waals surface area contributed by atoms with Crippen molar-refractivity contribution in [2.45, 2.75) is 113 Å². The highest BCUT2D eigenvalue weighted by molar-refractivity contribution is 7.91. The first-order chi connectivity index (χ1) is 24.9. The minimum atomic E-state index is -3.85. The van der Waals surface area contributed by atoms with Gasteiger partial charge in [0, 0.05) is 23.5 Å². The number of fused-ring (bicyclic) bond motifs is 2. The highest BCUT2D eigenvalue weighted by atomic mass is 32.3. The zero-order chi connectivity index (χ0) is 36.6. The number of hydrogen-bond donors (Lipinski definition) is 2. The first-order valence-electron chi connectivity index (χ1n) is 18.3. The van der Waals surface area contributed by atoms with E-state index in [0.29, 0.717) is 0 Å². The van der Waals surface area contributed by atoms with Crippen molar-refractivity contribution in [2.75, 3.05) is 24.0 Å². The normalized spacial score (nSPS) is 16.7. The van der Waals surface area contributed by atoms with E-state index in [0.717, 1.165) is 118 Å². The Morgan fingerprint density at radius 1 is 0.577 bits per heavy atom. The van der Waals surface area contributed by atoms with Crippen LogP contribution in [0.1, 0.15) is 86.5 Å². The number of aryl methyl sites for hydroxylation is 4. The average molecular weight is 781 g/mol. The van der Waals surface area contributed by atoms with Crippen molar-refractivity contribution in [3.8, 4) is 0 Å². The van der Waals surface area contributed by atoms with Gasteiger partial charge in [0.2, 0.25) is 8.68 Å². The molecule has 3 aromatic carbocycles. The molecule has 10 nitrogen and oxygen atoms in total. The standard InChI is InChI=1S/C38H48N6O4S4/c1-25-15-21-33-35(27(25)3)41-37(49-33)51(45,46)43(31-11-7-5-8-12-31)23-39-29-17-19-30(20-18-29)40-24-44(32-13-9-6-10-14-32)52(47,48)38-42-36-28(4)26(2)16-22-34(36)50-38/h15-22,31-32,39-40H,5-14,23-24H2,1-4H3. The molecule has 2 aliphatic rings. The van der Waals surface area contributed by atoms with E-state index in [-0.39, 0.29) is 34.1 Å². The third-order valence-corrected chi connectivity index (χ3v) is 17.5. The van der Waals surface area contributed by atoms with Crippen LogP contribution in [0, 0.1) is 27.7 Å². The summed E-state index contributed by atoms with van der Waals surface area (Å²) >= 11 is 2.47. The Kier molecular flexibility index (Phi) is 10.9. The topological polar surface area (TPSA) is 125 Å². The van der Waals surface area contributed by atoms with Crippen LogP contribution in [0.2, 0.25) is 0 Å². The predicted octanol–water partition coefficient (Wildman–Crippen LogP) is 8.93. The van der Waals surface area contributed by atoms with Crippen LogP contribution in [0.5, 0.6) is 0 Å². The molecule has 2 N–H and O–H groups in total. The Bertz CT molecular complexity index is 2110. The fourth-order valence-corrected chi connectivity index (χ4v) is 13.4. The molecular formula is C38H48N6O4S4. The first-order valence-corrected chi connectivity index (χ1v) is 22.8. The SMILES string of the molecule is Cc1ccc2sc(S(=O)(=O)N(CNc3ccc(NCN(C4CCCCC4)S(=O)(=O)c4nc5c(C)c(C)ccc5s4)cc3)C3CCCCC3)nc2c1C. The lowest BCUT2D eigenvalue weighted by Gasteiger charge is -2.33. The summed E-state index contributed by atoms with van der Waals surface area (Å²) in [4.78, 5) is 9.31. The minimum absolute atomic E-state index is 0.0990. The molecule has 0 bridgehead atoms. The second kappa shape index (κ2) is 15.3. The van der Waals surface area contributed by atoms with Crippen molar-refractivity contribution in [3.63, 3.8) is 0 Å². The second-order valence-corrected chi connectivity index (χ2v) is 20.5. The van der Waals surface area contributed by atoms with Crippen LogP contribution >= 0.6 is 22.7 Å². The molecule has 2 aliphatic carbocycles. The number of hydrogen-bond acceptors (Lipinski definition) is 10. The van der Waals surface area contributed by atoms with E-state index in [1.807, 2.05) is 76.2 Å². The zero-order valence-corrected chi connectivity index (χ0v) is 33.6. The molecule has 0 aliphatic heterocycles. The maximum atomic E-state index is 14.2. The highest BCUT2D eigenvalue weighted by Gasteiger charge is 2.36. The van der Waals surface area contributed by atoms with Gasteiger partial charge in [-0.15, -0.1) is 22.7 Å². The van der Waals surface area contributed by atoms with Gasteiger partial charge >= 0.3 is 0 Å². The van der Waals surface area contributed by atoms with Crippen LogP contribution < -0.4 is 10.6 Å². The van der Waals surface area contributed by atoms with Crippen molar-refractivity contribution in [1.29, 1.82) is 0 Å². The lowest BCUT2D eigenvalue weighted by atomic mass is 9.96. The van der Waals surface area contributed by atoms with Crippen molar-refractivity contribution < 1.29 is 16.8 Å². The number of aromatic nitrogens is 2. The van der Waals surface area contributed by atoms with Gasteiger partial charge in [0.05, 0.1) is 33.8 Å². The molecule has 0 saturated heterocycles. The van der Waals surface area contributed by atoms with Gasteiger partial charge in [0.1, 0.15) is 0 Å². The van der Waals surface area contributed by atoms with Gasteiger partial charge in [-0.3, -0.25) is 0 Å². The van der Waals surface area contributed by atoms with E-state index >= 15 is 0 Å². The van der Waals surface area contributed by atoms with Crippen LogP contribution in [0.4, 0.5) is 11.4 Å². The van der Waals surface area contributed by atoms with Crippen LogP contribution in [-0.4, -0.2) is 60.8 Å². The summed E-state index contributed by atoms with van der Waals surface area (Å²) < 4.78 is 62.0. The monoisotopic (exact) mass is 780 g/mol. The van der Waals surface area contributed by atoms with Crippen molar-refractivity contribution in [2.24, 2.45) is 0 Å². The third kappa shape index (κ3) is 7.47. The molecule has 5 aromatic rings. The van der Waals surface area contributed by atoms with Crippen LogP contribution in [0.3, 0.4) is 0 Å². The molecule has 2 aromatic heterocycles. The van der Waals surface area contributed by atoms with Crippen molar-refractivity contribution >= 4 is 74.5 Å². The summed E-state index contributed by atoms with van der Waals surface area (Å²) in [6.07, 6.45) is 9.53. The molecule has 0 atom stereocenters. The summed E-state index contributed by atoms with van der Waals surface area (Å²) in [7, 11) is -7.70. The summed E-state index contributed by atoms with van der Waals surface area (Å²) in [6, 6.07) is 15.3. The highest BCUT2D eigenvalue weighted by Crippen LogP contribution is 2.36. The predicted molar refractivity (Wildman–Crippen MR) is 213 cm³/mol. The van der Waals surface area contributed by atoms with E-state index < -0.39 is 20.0 Å².